The van der Waals surface area contributed by atoms with Gasteiger partial charge in [0.15, 0.2) is 5.65 Å². The summed E-state index contributed by atoms with van der Waals surface area (Å²) in [5.41, 5.74) is 2.95. The third kappa shape index (κ3) is 2.92. The van der Waals surface area contributed by atoms with Gasteiger partial charge in [0.25, 0.3) is 0 Å². The smallest absolute Gasteiger partial charge is 0.255 e. The van der Waals surface area contributed by atoms with Crippen LogP contribution in [0.15, 0.2) is 42.6 Å². The zero-order valence-corrected chi connectivity index (χ0v) is 13.6. The van der Waals surface area contributed by atoms with Crippen molar-refractivity contribution in [1.82, 2.24) is 29.9 Å². The highest BCUT2D eigenvalue weighted by Crippen LogP contribution is 2.29. The Hall–Kier alpha value is -3.23. The first-order valence-electron chi connectivity index (χ1n) is 7.79. The molecular formula is C17H13F3N6. The molecule has 0 aliphatic heterocycles. The lowest BCUT2D eigenvalue weighted by Crippen LogP contribution is -2.07. The Morgan fingerprint density at radius 3 is 2.58 bits per heavy atom. The van der Waals surface area contributed by atoms with Crippen LogP contribution in [-0.4, -0.2) is 29.9 Å². The molecule has 0 saturated heterocycles. The SMILES string of the molecule is Cc1ccc(Cn2nc(-c3n[nH]c(C(F)(F)F)n3)c3cccnc32)cc1. The van der Waals surface area contributed by atoms with E-state index in [9.17, 15) is 13.2 Å². The Bertz CT molecular complexity index is 1060. The summed E-state index contributed by atoms with van der Waals surface area (Å²) in [7, 11) is 0. The fourth-order valence-corrected chi connectivity index (χ4v) is 2.65. The van der Waals surface area contributed by atoms with Crippen molar-refractivity contribution in [2.45, 2.75) is 19.6 Å². The summed E-state index contributed by atoms with van der Waals surface area (Å²) in [6, 6.07) is 11.3. The van der Waals surface area contributed by atoms with E-state index in [2.05, 4.69) is 20.2 Å². The highest BCUT2D eigenvalue weighted by Gasteiger charge is 2.35. The molecular weight excluding hydrogens is 345 g/mol. The van der Waals surface area contributed by atoms with Crippen molar-refractivity contribution in [3.05, 3.63) is 59.5 Å². The van der Waals surface area contributed by atoms with E-state index in [4.69, 9.17) is 0 Å². The number of H-pyrrole nitrogens is 1. The zero-order chi connectivity index (χ0) is 18.3. The Morgan fingerprint density at radius 1 is 1.12 bits per heavy atom. The summed E-state index contributed by atoms with van der Waals surface area (Å²) in [4.78, 5) is 7.85. The molecule has 0 amide bonds. The average molecular weight is 358 g/mol. The fourth-order valence-electron chi connectivity index (χ4n) is 2.65. The van der Waals surface area contributed by atoms with Crippen LogP contribution < -0.4 is 0 Å². The second-order valence-corrected chi connectivity index (χ2v) is 5.87. The van der Waals surface area contributed by atoms with Gasteiger partial charge in [0.05, 0.1) is 11.9 Å². The zero-order valence-electron chi connectivity index (χ0n) is 13.6. The minimum absolute atomic E-state index is 0.113. The van der Waals surface area contributed by atoms with E-state index >= 15 is 0 Å². The molecule has 6 nitrogen and oxygen atoms in total. The molecule has 3 heterocycles. The maximum Gasteiger partial charge on any atom is 0.451 e. The van der Waals surface area contributed by atoms with E-state index in [1.807, 2.05) is 36.3 Å². The third-order valence-electron chi connectivity index (χ3n) is 3.93. The van der Waals surface area contributed by atoms with E-state index in [0.29, 0.717) is 17.6 Å². The van der Waals surface area contributed by atoms with Gasteiger partial charge in [-0.3, -0.25) is 5.10 Å². The minimum Gasteiger partial charge on any atom is -0.255 e. The normalized spacial score (nSPS) is 12.0. The molecule has 0 radical (unpaired) electrons. The minimum atomic E-state index is -4.59. The van der Waals surface area contributed by atoms with Gasteiger partial charge >= 0.3 is 6.18 Å². The Morgan fingerprint density at radius 2 is 1.88 bits per heavy atom. The van der Waals surface area contributed by atoms with Gasteiger partial charge < -0.3 is 0 Å². The molecule has 0 unspecified atom stereocenters. The Labute approximate surface area is 145 Å². The lowest BCUT2D eigenvalue weighted by Gasteiger charge is -2.03. The molecule has 132 valence electrons. The Balaban J connectivity index is 1.79. The van der Waals surface area contributed by atoms with Crippen molar-refractivity contribution >= 4 is 11.0 Å². The number of aromatic amines is 1. The Kier molecular flexibility index (Phi) is 3.71. The number of halogens is 3. The molecule has 9 heteroatoms. The van der Waals surface area contributed by atoms with E-state index in [0.717, 1.165) is 11.1 Å². The van der Waals surface area contributed by atoms with E-state index in [-0.39, 0.29) is 11.5 Å². The number of alkyl halides is 3. The molecule has 1 N–H and O–H groups in total. The standard InChI is InChI=1S/C17H13F3N6/c1-10-4-6-11(7-5-10)9-26-15-12(3-2-8-21-15)13(25-26)14-22-16(24-23-14)17(18,19)20/h2-8H,9H2,1H3,(H,22,23,24). The molecule has 0 aliphatic carbocycles. The van der Waals surface area contributed by atoms with Crippen LogP contribution in [-0.2, 0) is 12.7 Å². The maximum atomic E-state index is 12.8. The molecule has 0 saturated carbocycles. The summed E-state index contributed by atoms with van der Waals surface area (Å²) in [5.74, 6) is -1.27. The van der Waals surface area contributed by atoms with Gasteiger partial charge in [-0.05, 0) is 24.6 Å². The molecule has 1 aromatic carbocycles. The van der Waals surface area contributed by atoms with Crippen LogP contribution in [0.25, 0.3) is 22.6 Å². The first-order valence-corrected chi connectivity index (χ1v) is 7.79. The van der Waals surface area contributed by atoms with Crippen LogP contribution in [0.4, 0.5) is 13.2 Å². The summed E-state index contributed by atoms with van der Waals surface area (Å²) in [6.07, 6.45) is -2.98. The number of pyridine rings is 1. The van der Waals surface area contributed by atoms with Gasteiger partial charge in [-0.1, -0.05) is 29.8 Å². The van der Waals surface area contributed by atoms with Crippen molar-refractivity contribution in [3.63, 3.8) is 0 Å². The number of nitrogens with one attached hydrogen (secondary N) is 1. The predicted octanol–water partition coefficient (Wildman–Crippen LogP) is 3.59. The summed E-state index contributed by atoms with van der Waals surface area (Å²) in [5, 5.41) is 10.6. The van der Waals surface area contributed by atoms with E-state index in [1.165, 1.54) is 0 Å². The van der Waals surface area contributed by atoms with Gasteiger partial charge in [0.1, 0.15) is 5.69 Å². The predicted molar refractivity (Wildman–Crippen MR) is 88.2 cm³/mol. The topological polar surface area (TPSA) is 72.3 Å². The lowest BCUT2D eigenvalue weighted by molar-refractivity contribution is -0.144. The number of hydrogen-bond acceptors (Lipinski definition) is 4. The monoisotopic (exact) mass is 358 g/mol. The number of nitrogens with zero attached hydrogens (tertiary/aromatic N) is 5. The highest BCUT2D eigenvalue weighted by molar-refractivity contribution is 5.89. The number of aryl methyl sites for hydroxylation is 1. The van der Waals surface area contributed by atoms with Crippen LogP contribution >= 0.6 is 0 Å². The second kappa shape index (κ2) is 5.94. The van der Waals surface area contributed by atoms with Crippen molar-refractivity contribution in [1.29, 1.82) is 0 Å². The van der Waals surface area contributed by atoms with Crippen molar-refractivity contribution in [3.8, 4) is 11.5 Å². The molecule has 0 fully saturated rings. The molecule has 0 atom stereocenters. The van der Waals surface area contributed by atoms with Crippen LogP contribution in [0, 0.1) is 6.92 Å². The number of rotatable bonds is 3. The van der Waals surface area contributed by atoms with Gasteiger partial charge in [0, 0.05) is 6.20 Å². The number of hydrogen-bond donors (Lipinski definition) is 1. The highest BCUT2D eigenvalue weighted by atomic mass is 19.4. The van der Waals surface area contributed by atoms with E-state index in [1.54, 1.807) is 23.0 Å². The van der Waals surface area contributed by atoms with Crippen molar-refractivity contribution in [2.75, 3.05) is 0 Å². The quantitative estimate of drug-likeness (QED) is 0.607. The first-order chi connectivity index (χ1) is 12.4. The van der Waals surface area contributed by atoms with E-state index < -0.39 is 12.0 Å². The molecule has 3 aromatic heterocycles. The molecule has 26 heavy (non-hydrogen) atoms. The summed E-state index contributed by atoms with van der Waals surface area (Å²) >= 11 is 0. The van der Waals surface area contributed by atoms with Crippen molar-refractivity contribution < 1.29 is 13.2 Å². The number of aromatic nitrogens is 6. The van der Waals surface area contributed by atoms with Crippen molar-refractivity contribution in [2.24, 2.45) is 0 Å². The first kappa shape index (κ1) is 16.2. The second-order valence-electron chi connectivity index (χ2n) is 5.87. The average Bonchev–Trinajstić information content (AvgIpc) is 3.22. The fraction of sp³-hybridized carbons (Fsp3) is 0.176. The lowest BCUT2D eigenvalue weighted by atomic mass is 10.1. The van der Waals surface area contributed by atoms with Gasteiger partial charge in [-0.25, -0.2) is 14.6 Å². The largest absolute Gasteiger partial charge is 0.451 e. The number of benzene rings is 1. The van der Waals surface area contributed by atoms with Gasteiger partial charge in [-0.15, -0.1) is 0 Å². The summed E-state index contributed by atoms with van der Waals surface area (Å²) < 4.78 is 40.0. The number of fused-ring (bicyclic) bond motifs is 1. The molecule has 0 aliphatic rings. The molecule has 4 rings (SSSR count). The molecule has 4 aromatic rings. The van der Waals surface area contributed by atoms with Crippen LogP contribution in [0.2, 0.25) is 0 Å². The molecule has 0 spiro atoms. The van der Waals surface area contributed by atoms with Gasteiger partial charge in [-0.2, -0.15) is 23.4 Å². The molecule has 0 bridgehead atoms. The summed E-state index contributed by atoms with van der Waals surface area (Å²) in [6.45, 7) is 2.43. The van der Waals surface area contributed by atoms with Gasteiger partial charge in [0.2, 0.25) is 11.6 Å². The van der Waals surface area contributed by atoms with Crippen LogP contribution in [0.5, 0.6) is 0 Å². The van der Waals surface area contributed by atoms with Crippen LogP contribution in [0.1, 0.15) is 17.0 Å². The maximum absolute atomic E-state index is 12.8. The third-order valence-corrected chi connectivity index (χ3v) is 3.93. The van der Waals surface area contributed by atoms with Crippen LogP contribution in [0.3, 0.4) is 0 Å².